The van der Waals surface area contributed by atoms with Crippen LogP contribution in [0.3, 0.4) is 0 Å². The summed E-state index contributed by atoms with van der Waals surface area (Å²) in [4.78, 5) is 0. The lowest BCUT2D eigenvalue weighted by Gasteiger charge is -2.30. The third kappa shape index (κ3) is 2.51. The highest BCUT2D eigenvalue weighted by atomic mass is 16.3. The molecule has 1 aliphatic heterocycles. The molecule has 1 aliphatic rings. The Kier molecular flexibility index (Phi) is 4.22. The normalized spacial score (nSPS) is 14.4. The smallest absolute Gasteiger partial charge is 0.0648 e. The molecule has 100 valence electrons. The molecule has 0 radical (unpaired) electrons. The molecule has 4 N–H and O–H groups in total. The molecule has 0 atom stereocenters. The third-order valence-electron chi connectivity index (χ3n) is 3.87. The number of anilines is 1. The van der Waals surface area contributed by atoms with E-state index in [1.54, 1.807) is 0 Å². The van der Waals surface area contributed by atoms with Crippen LogP contribution in [0, 0.1) is 0 Å². The molecule has 1 heterocycles. The van der Waals surface area contributed by atoms with E-state index in [-0.39, 0.29) is 13.2 Å². The summed E-state index contributed by atoms with van der Waals surface area (Å²) in [6, 6.07) is 6.29. The number of para-hydroxylation sites is 1. The van der Waals surface area contributed by atoms with E-state index in [4.69, 9.17) is 0 Å². The number of benzene rings is 1. The van der Waals surface area contributed by atoms with Gasteiger partial charge in [0.2, 0.25) is 0 Å². The Morgan fingerprint density at radius 1 is 1.33 bits per heavy atom. The zero-order chi connectivity index (χ0) is 13.0. The molecule has 0 aliphatic carbocycles. The molecule has 0 bridgehead atoms. The van der Waals surface area contributed by atoms with Crippen LogP contribution < -0.4 is 10.6 Å². The van der Waals surface area contributed by atoms with E-state index in [0.717, 1.165) is 13.0 Å². The fourth-order valence-corrected chi connectivity index (χ4v) is 2.35. The lowest BCUT2D eigenvalue weighted by atomic mass is 9.97. The zero-order valence-electron chi connectivity index (χ0n) is 10.9. The maximum atomic E-state index is 9.41. The quantitative estimate of drug-likeness (QED) is 0.605. The molecule has 4 heteroatoms. The Bertz CT molecular complexity index is 395. The second-order valence-electron chi connectivity index (χ2n) is 4.93. The van der Waals surface area contributed by atoms with Gasteiger partial charge < -0.3 is 20.8 Å². The number of aliphatic hydroxyl groups is 2. The first kappa shape index (κ1) is 13.3. The van der Waals surface area contributed by atoms with Crippen LogP contribution in [-0.4, -0.2) is 35.5 Å². The Labute approximate surface area is 108 Å². The summed E-state index contributed by atoms with van der Waals surface area (Å²) in [5.74, 6) is 0. The van der Waals surface area contributed by atoms with Gasteiger partial charge in [0.15, 0.2) is 0 Å². The van der Waals surface area contributed by atoms with Crippen LogP contribution >= 0.6 is 0 Å². The van der Waals surface area contributed by atoms with Gasteiger partial charge in [-0.1, -0.05) is 25.1 Å². The molecular formula is C14H22N2O2. The Hall–Kier alpha value is -1.10. The van der Waals surface area contributed by atoms with Crippen molar-refractivity contribution in [1.82, 2.24) is 5.32 Å². The van der Waals surface area contributed by atoms with Gasteiger partial charge in [0.1, 0.15) is 0 Å². The van der Waals surface area contributed by atoms with Crippen molar-refractivity contribution in [2.24, 2.45) is 0 Å². The summed E-state index contributed by atoms with van der Waals surface area (Å²) in [6.07, 6.45) is 1.77. The van der Waals surface area contributed by atoms with Crippen molar-refractivity contribution in [3.8, 4) is 0 Å². The largest absolute Gasteiger partial charge is 0.394 e. The van der Waals surface area contributed by atoms with Crippen LogP contribution in [0.25, 0.3) is 0 Å². The van der Waals surface area contributed by atoms with Gasteiger partial charge in [0, 0.05) is 18.8 Å². The van der Waals surface area contributed by atoms with E-state index in [0.29, 0.717) is 13.0 Å². The molecular weight excluding hydrogens is 228 g/mol. The van der Waals surface area contributed by atoms with E-state index >= 15 is 0 Å². The van der Waals surface area contributed by atoms with E-state index in [1.165, 1.54) is 16.8 Å². The molecule has 0 fully saturated rings. The van der Waals surface area contributed by atoms with Gasteiger partial charge >= 0.3 is 0 Å². The Balaban J connectivity index is 2.09. The summed E-state index contributed by atoms with van der Waals surface area (Å²) in [7, 11) is 0. The van der Waals surface area contributed by atoms with Crippen molar-refractivity contribution in [2.75, 3.05) is 25.1 Å². The van der Waals surface area contributed by atoms with E-state index < -0.39 is 5.54 Å². The van der Waals surface area contributed by atoms with E-state index in [9.17, 15) is 10.2 Å². The monoisotopic (exact) mass is 250 g/mol. The summed E-state index contributed by atoms with van der Waals surface area (Å²) in [6.45, 7) is 3.51. The zero-order valence-corrected chi connectivity index (χ0v) is 10.9. The van der Waals surface area contributed by atoms with Crippen molar-refractivity contribution < 1.29 is 10.2 Å². The summed E-state index contributed by atoms with van der Waals surface area (Å²) in [5, 5.41) is 25.5. The SMILES string of the molecule is CCC(CO)(CO)NCc1cccc2c1NCC2. The number of hydrogen-bond donors (Lipinski definition) is 4. The first-order valence-corrected chi connectivity index (χ1v) is 6.56. The fourth-order valence-electron chi connectivity index (χ4n) is 2.35. The predicted octanol–water partition coefficient (Wildman–Crippen LogP) is 0.878. The highest BCUT2D eigenvalue weighted by Crippen LogP contribution is 2.26. The van der Waals surface area contributed by atoms with Crippen LogP contribution in [0.15, 0.2) is 18.2 Å². The van der Waals surface area contributed by atoms with Crippen LogP contribution in [0.5, 0.6) is 0 Å². The molecule has 0 saturated heterocycles. The van der Waals surface area contributed by atoms with Crippen molar-refractivity contribution in [3.63, 3.8) is 0 Å². The van der Waals surface area contributed by atoms with Gasteiger partial charge in [-0.05, 0) is 24.0 Å². The summed E-state index contributed by atoms with van der Waals surface area (Å²) in [5.41, 5.74) is 3.18. The lowest BCUT2D eigenvalue weighted by molar-refractivity contribution is 0.0864. The minimum Gasteiger partial charge on any atom is -0.394 e. The average molecular weight is 250 g/mol. The highest BCUT2D eigenvalue weighted by Gasteiger charge is 2.26. The fraction of sp³-hybridized carbons (Fsp3) is 0.571. The maximum Gasteiger partial charge on any atom is 0.0648 e. The molecule has 0 amide bonds. The second-order valence-corrected chi connectivity index (χ2v) is 4.93. The van der Waals surface area contributed by atoms with Crippen molar-refractivity contribution in [1.29, 1.82) is 0 Å². The summed E-state index contributed by atoms with van der Waals surface area (Å²) < 4.78 is 0. The number of rotatable bonds is 6. The number of aliphatic hydroxyl groups excluding tert-OH is 2. The standard InChI is InChI=1S/C14H22N2O2/c1-2-14(9-17,10-18)16-8-12-5-3-4-11-6-7-15-13(11)12/h3-5,15-18H,2,6-10H2,1H3. The molecule has 0 unspecified atom stereocenters. The van der Waals surface area contributed by atoms with Gasteiger partial charge in [0.05, 0.1) is 18.8 Å². The molecule has 18 heavy (non-hydrogen) atoms. The van der Waals surface area contributed by atoms with E-state index in [1.807, 2.05) is 6.92 Å². The molecule has 1 aromatic rings. The number of fused-ring (bicyclic) bond motifs is 1. The Morgan fingerprint density at radius 2 is 2.11 bits per heavy atom. The molecule has 2 rings (SSSR count). The third-order valence-corrected chi connectivity index (χ3v) is 3.87. The van der Waals surface area contributed by atoms with Crippen LogP contribution in [0.2, 0.25) is 0 Å². The van der Waals surface area contributed by atoms with Crippen molar-refractivity contribution >= 4 is 5.69 Å². The number of hydrogen-bond acceptors (Lipinski definition) is 4. The van der Waals surface area contributed by atoms with Crippen LogP contribution in [0.4, 0.5) is 5.69 Å². The van der Waals surface area contributed by atoms with Gasteiger partial charge in [-0.25, -0.2) is 0 Å². The molecule has 0 saturated carbocycles. The molecule has 1 aromatic carbocycles. The minimum atomic E-state index is -0.582. The average Bonchev–Trinajstić information content (AvgIpc) is 2.90. The van der Waals surface area contributed by atoms with Crippen LogP contribution in [0.1, 0.15) is 24.5 Å². The first-order chi connectivity index (χ1) is 8.74. The number of nitrogens with one attached hydrogen (secondary N) is 2. The second kappa shape index (κ2) is 5.69. The summed E-state index contributed by atoms with van der Waals surface area (Å²) >= 11 is 0. The highest BCUT2D eigenvalue weighted by molar-refractivity contribution is 5.61. The maximum absolute atomic E-state index is 9.41. The first-order valence-electron chi connectivity index (χ1n) is 6.56. The van der Waals surface area contributed by atoms with Crippen molar-refractivity contribution in [3.05, 3.63) is 29.3 Å². The van der Waals surface area contributed by atoms with Gasteiger partial charge in [-0.3, -0.25) is 0 Å². The van der Waals surface area contributed by atoms with Gasteiger partial charge in [0.25, 0.3) is 0 Å². The molecule has 0 spiro atoms. The van der Waals surface area contributed by atoms with Crippen molar-refractivity contribution in [2.45, 2.75) is 31.8 Å². The topological polar surface area (TPSA) is 64.5 Å². The van der Waals surface area contributed by atoms with E-state index in [2.05, 4.69) is 28.8 Å². The van der Waals surface area contributed by atoms with Crippen LogP contribution in [-0.2, 0) is 13.0 Å². The molecule has 4 nitrogen and oxygen atoms in total. The minimum absolute atomic E-state index is 0.0531. The lowest BCUT2D eigenvalue weighted by Crippen LogP contribution is -2.50. The predicted molar refractivity (Wildman–Crippen MR) is 72.7 cm³/mol. The Morgan fingerprint density at radius 3 is 2.78 bits per heavy atom. The molecule has 0 aromatic heterocycles. The van der Waals surface area contributed by atoms with Gasteiger partial charge in [-0.15, -0.1) is 0 Å². The van der Waals surface area contributed by atoms with Gasteiger partial charge in [-0.2, -0.15) is 0 Å².